The van der Waals surface area contributed by atoms with Crippen molar-refractivity contribution in [2.24, 2.45) is 0 Å². The molecule has 1 fully saturated rings. The summed E-state index contributed by atoms with van der Waals surface area (Å²) in [5.41, 5.74) is -1.68. The molecule has 0 heterocycles. The van der Waals surface area contributed by atoms with Crippen LogP contribution in [-0.2, 0) is 11.6 Å². The molecule has 0 radical (unpaired) electrons. The monoisotopic (exact) mass is 234 g/mol. The molecule has 5 heteroatoms. The van der Waals surface area contributed by atoms with Gasteiger partial charge in [-0.15, -0.1) is 0 Å². The molecular weight excluding hydrogens is 224 g/mol. The van der Waals surface area contributed by atoms with Crippen LogP contribution in [0, 0.1) is 5.82 Å². The highest BCUT2D eigenvalue weighted by Gasteiger charge is 2.46. The predicted molar refractivity (Wildman–Crippen MR) is 49.4 cm³/mol. The molecule has 0 atom stereocenters. The Kier molecular flexibility index (Phi) is 2.45. The third-order valence-corrected chi connectivity index (χ3v) is 3.02. The van der Waals surface area contributed by atoms with Crippen LogP contribution < -0.4 is 0 Å². The Balaban J connectivity index is 2.46. The van der Waals surface area contributed by atoms with Crippen LogP contribution in [0.4, 0.5) is 17.6 Å². The molecule has 0 bridgehead atoms. The second-order valence-corrected chi connectivity index (χ2v) is 4.13. The van der Waals surface area contributed by atoms with Gasteiger partial charge >= 0.3 is 6.18 Å². The fourth-order valence-electron chi connectivity index (χ4n) is 1.77. The molecule has 1 aromatic carbocycles. The maximum atomic E-state index is 13.4. The van der Waals surface area contributed by atoms with E-state index in [-0.39, 0.29) is 12.2 Å². The van der Waals surface area contributed by atoms with Crippen LogP contribution in [0.25, 0.3) is 0 Å². The van der Waals surface area contributed by atoms with E-state index >= 15 is 0 Å². The number of aliphatic hydroxyl groups excluding tert-OH is 1. The highest BCUT2D eigenvalue weighted by Crippen LogP contribution is 2.49. The van der Waals surface area contributed by atoms with E-state index in [1.54, 1.807) is 0 Å². The van der Waals surface area contributed by atoms with Crippen LogP contribution in [0.1, 0.15) is 24.0 Å². The van der Waals surface area contributed by atoms with Crippen molar-refractivity contribution >= 4 is 0 Å². The van der Waals surface area contributed by atoms with Gasteiger partial charge in [-0.2, -0.15) is 13.2 Å². The fourth-order valence-corrected chi connectivity index (χ4v) is 1.77. The number of hydrogen-bond acceptors (Lipinski definition) is 1. The van der Waals surface area contributed by atoms with Gasteiger partial charge in [-0.1, -0.05) is 0 Å². The van der Waals surface area contributed by atoms with Crippen molar-refractivity contribution in [3.8, 4) is 0 Å². The van der Waals surface area contributed by atoms with E-state index in [1.807, 2.05) is 0 Å². The van der Waals surface area contributed by atoms with Crippen LogP contribution in [0.3, 0.4) is 0 Å². The lowest BCUT2D eigenvalue weighted by molar-refractivity contribution is -0.137. The zero-order valence-corrected chi connectivity index (χ0v) is 8.31. The quantitative estimate of drug-likeness (QED) is 0.780. The molecule has 0 saturated heterocycles. The van der Waals surface area contributed by atoms with E-state index in [9.17, 15) is 17.6 Å². The van der Waals surface area contributed by atoms with Gasteiger partial charge in [0, 0.05) is 5.41 Å². The SMILES string of the molecule is OCC1(c2cc(C(F)(F)F)ccc2F)CC1. The summed E-state index contributed by atoms with van der Waals surface area (Å²) in [6.45, 7) is -0.314. The molecular formula is C11H10F4O. The van der Waals surface area contributed by atoms with E-state index in [2.05, 4.69) is 0 Å². The van der Waals surface area contributed by atoms with Crippen LogP contribution in [0.5, 0.6) is 0 Å². The van der Waals surface area contributed by atoms with Gasteiger partial charge in [-0.25, -0.2) is 4.39 Å². The van der Waals surface area contributed by atoms with Crippen LogP contribution >= 0.6 is 0 Å². The summed E-state index contributed by atoms with van der Waals surface area (Å²) in [5, 5.41) is 9.08. The molecule has 16 heavy (non-hydrogen) atoms. The van der Waals surface area contributed by atoms with Gasteiger partial charge in [0.25, 0.3) is 0 Å². The molecule has 1 N–H and O–H groups in total. The molecule has 0 aromatic heterocycles. The summed E-state index contributed by atoms with van der Waals surface area (Å²) < 4.78 is 50.7. The van der Waals surface area contributed by atoms with Crippen LogP contribution in [0.2, 0.25) is 0 Å². The summed E-state index contributed by atoms with van der Waals surface area (Å²) in [7, 11) is 0. The second kappa shape index (κ2) is 3.45. The predicted octanol–water partition coefficient (Wildman–Crippen LogP) is 2.87. The summed E-state index contributed by atoms with van der Waals surface area (Å²) >= 11 is 0. The Morgan fingerprint density at radius 3 is 2.31 bits per heavy atom. The summed E-state index contributed by atoms with van der Waals surface area (Å²) in [6.07, 6.45) is -3.42. The number of benzene rings is 1. The van der Waals surface area contributed by atoms with Crippen molar-refractivity contribution in [1.82, 2.24) is 0 Å². The molecule has 0 aliphatic heterocycles. The van der Waals surface area contributed by atoms with Crippen LogP contribution in [-0.4, -0.2) is 11.7 Å². The zero-order chi connectivity index (χ0) is 12.0. The molecule has 88 valence electrons. The first-order chi connectivity index (χ1) is 7.39. The molecule has 1 aliphatic carbocycles. The van der Waals surface area contributed by atoms with E-state index < -0.39 is 23.0 Å². The largest absolute Gasteiger partial charge is 0.416 e. The Hall–Kier alpha value is -1.10. The maximum Gasteiger partial charge on any atom is 0.416 e. The Bertz CT molecular complexity index is 407. The molecule has 1 saturated carbocycles. The first-order valence-electron chi connectivity index (χ1n) is 4.87. The lowest BCUT2D eigenvalue weighted by atomic mass is 9.94. The van der Waals surface area contributed by atoms with Gasteiger partial charge in [0.15, 0.2) is 0 Å². The minimum atomic E-state index is -4.48. The molecule has 0 unspecified atom stereocenters. The van der Waals surface area contributed by atoms with Gasteiger partial charge < -0.3 is 5.11 Å². The Labute approximate surface area is 89.7 Å². The highest BCUT2D eigenvalue weighted by molar-refractivity contribution is 5.37. The van der Waals surface area contributed by atoms with Crippen molar-refractivity contribution in [2.75, 3.05) is 6.61 Å². The lowest BCUT2D eigenvalue weighted by Gasteiger charge is -2.15. The maximum absolute atomic E-state index is 13.4. The molecule has 0 spiro atoms. The van der Waals surface area contributed by atoms with Gasteiger partial charge in [0.2, 0.25) is 0 Å². The average molecular weight is 234 g/mol. The van der Waals surface area contributed by atoms with Crippen molar-refractivity contribution in [1.29, 1.82) is 0 Å². The molecule has 0 amide bonds. The van der Waals surface area contributed by atoms with Gasteiger partial charge in [-0.3, -0.25) is 0 Å². The first-order valence-corrected chi connectivity index (χ1v) is 4.87. The third kappa shape index (κ3) is 1.80. The van der Waals surface area contributed by atoms with E-state index in [0.717, 1.165) is 12.1 Å². The highest BCUT2D eigenvalue weighted by atomic mass is 19.4. The summed E-state index contributed by atoms with van der Waals surface area (Å²) in [4.78, 5) is 0. The first kappa shape index (κ1) is 11.4. The normalized spacial score (nSPS) is 18.6. The molecule has 2 rings (SSSR count). The Morgan fingerprint density at radius 2 is 1.88 bits per heavy atom. The average Bonchev–Trinajstić information content (AvgIpc) is 2.97. The minimum Gasteiger partial charge on any atom is -0.395 e. The molecule has 1 aromatic rings. The van der Waals surface area contributed by atoms with Gasteiger partial charge in [-0.05, 0) is 36.6 Å². The van der Waals surface area contributed by atoms with E-state index in [1.165, 1.54) is 0 Å². The van der Waals surface area contributed by atoms with Gasteiger partial charge in [0.1, 0.15) is 5.82 Å². The van der Waals surface area contributed by atoms with Gasteiger partial charge in [0.05, 0.1) is 12.2 Å². The topological polar surface area (TPSA) is 20.2 Å². The Morgan fingerprint density at radius 1 is 1.25 bits per heavy atom. The second-order valence-electron chi connectivity index (χ2n) is 4.13. The smallest absolute Gasteiger partial charge is 0.395 e. The summed E-state index contributed by atoms with van der Waals surface area (Å²) in [6, 6.07) is 2.33. The standard InChI is InChI=1S/C11H10F4O/c12-9-2-1-7(11(13,14)15)5-8(9)10(6-16)3-4-10/h1-2,5,16H,3-4,6H2. The fraction of sp³-hybridized carbons (Fsp3) is 0.455. The third-order valence-electron chi connectivity index (χ3n) is 3.02. The van der Waals surface area contributed by atoms with E-state index in [0.29, 0.717) is 18.9 Å². The number of aliphatic hydroxyl groups is 1. The number of rotatable bonds is 2. The van der Waals surface area contributed by atoms with Crippen molar-refractivity contribution in [2.45, 2.75) is 24.4 Å². The van der Waals surface area contributed by atoms with Crippen LogP contribution in [0.15, 0.2) is 18.2 Å². The minimum absolute atomic E-state index is 0.0233. The number of halogens is 4. The lowest BCUT2D eigenvalue weighted by Crippen LogP contribution is -2.16. The number of alkyl halides is 3. The zero-order valence-electron chi connectivity index (χ0n) is 8.31. The van der Waals surface area contributed by atoms with Crippen molar-refractivity contribution < 1.29 is 22.7 Å². The number of hydrogen-bond donors (Lipinski definition) is 1. The van der Waals surface area contributed by atoms with Crippen molar-refractivity contribution in [3.05, 3.63) is 35.1 Å². The summed E-state index contributed by atoms with van der Waals surface area (Å²) in [5.74, 6) is -0.681. The molecule has 1 aliphatic rings. The van der Waals surface area contributed by atoms with Crippen molar-refractivity contribution in [3.63, 3.8) is 0 Å². The van der Waals surface area contributed by atoms with E-state index in [4.69, 9.17) is 5.11 Å². The molecule has 1 nitrogen and oxygen atoms in total.